The van der Waals surface area contributed by atoms with Crippen molar-refractivity contribution < 1.29 is 4.57 Å². The van der Waals surface area contributed by atoms with Crippen molar-refractivity contribution in [3.63, 3.8) is 0 Å². The van der Waals surface area contributed by atoms with Gasteiger partial charge in [0.15, 0.2) is 6.54 Å². The molecule has 0 radical (unpaired) electrons. The van der Waals surface area contributed by atoms with E-state index >= 15 is 0 Å². The second kappa shape index (κ2) is 2.09. The summed E-state index contributed by atoms with van der Waals surface area (Å²) in [6.07, 6.45) is 2.07. The van der Waals surface area contributed by atoms with E-state index in [-0.39, 0.29) is 0 Å². The molecule has 0 saturated carbocycles. The van der Waals surface area contributed by atoms with Gasteiger partial charge >= 0.3 is 0 Å². The summed E-state index contributed by atoms with van der Waals surface area (Å²) < 4.78 is 2.18. The Morgan fingerprint density at radius 3 is 3.09 bits per heavy atom. The average Bonchev–Trinajstić information content (AvgIpc) is 2.30. The summed E-state index contributed by atoms with van der Waals surface area (Å²) in [4.78, 5) is 2.11. The van der Waals surface area contributed by atoms with Crippen molar-refractivity contribution in [3.05, 3.63) is 36.7 Å². The standard InChI is InChI=1S/C9H11N2/c1-8-7-11-6-4-3-5-9(11)10(8)2/h3-6H,1,7H2,2H3/q+1. The van der Waals surface area contributed by atoms with Crippen molar-refractivity contribution in [2.45, 2.75) is 6.54 Å². The van der Waals surface area contributed by atoms with E-state index in [1.807, 2.05) is 19.2 Å². The molecule has 0 unspecified atom stereocenters. The molecule has 11 heavy (non-hydrogen) atoms. The molecule has 0 saturated heterocycles. The first-order valence-electron chi connectivity index (χ1n) is 3.69. The third-order valence-electron chi connectivity index (χ3n) is 2.09. The molecule has 1 aromatic heterocycles. The molecule has 0 fully saturated rings. The fourth-order valence-electron chi connectivity index (χ4n) is 1.37. The van der Waals surface area contributed by atoms with Gasteiger partial charge in [0.05, 0.1) is 13.2 Å². The summed E-state index contributed by atoms with van der Waals surface area (Å²) in [5.74, 6) is 1.22. The van der Waals surface area contributed by atoms with E-state index in [1.54, 1.807) is 0 Å². The summed E-state index contributed by atoms with van der Waals surface area (Å²) in [7, 11) is 2.04. The smallest absolute Gasteiger partial charge is 0.231 e. The van der Waals surface area contributed by atoms with E-state index < -0.39 is 0 Å². The van der Waals surface area contributed by atoms with Crippen molar-refractivity contribution in [2.75, 3.05) is 11.9 Å². The van der Waals surface area contributed by atoms with Gasteiger partial charge in [0.1, 0.15) is 5.70 Å². The molecule has 2 heterocycles. The highest BCUT2D eigenvalue weighted by Gasteiger charge is 2.26. The Labute approximate surface area is 66.4 Å². The van der Waals surface area contributed by atoms with Crippen LogP contribution in [0, 0.1) is 0 Å². The van der Waals surface area contributed by atoms with E-state index in [9.17, 15) is 0 Å². The normalized spacial score (nSPS) is 15.4. The highest BCUT2D eigenvalue weighted by Crippen LogP contribution is 2.16. The van der Waals surface area contributed by atoms with E-state index in [0.29, 0.717) is 0 Å². The van der Waals surface area contributed by atoms with Gasteiger partial charge in [0.2, 0.25) is 0 Å². The van der Waals surface area contributed by atoms with Crippen molar-refractivity contribution in [1.82, 2.24) is 0 Å². The van der Waals surface area contributed by atoms with E-state index in [0.717, 1.165) is 12.2 Å². The summed E-state index contributed by atoms with van der Waals surface area (Å²) in [6, 6.07) is 6.18. The zero-order valence-corrected chi connectivity index (χ0v) is 6.62. The molecular weight excluding hydrogens is 136 g/mol. The predicted molar refractivity (Wildman–Crippen MR) is 44.2 cm³/mol. The number of rotatable bonds is 0. The van der Waals surface area contributed by atoms with Crippen LogP contribution >= 0.6 is 0 Å². The van der Waals surface area contributed by atoms with Crippen LogP contribution in [0.5, 0.6) is 0 Å². The van der Waals surface area contributed by atoms with Gasteiger partial charge in [-0.3, -0.25) is 0 Å². The predicted octanol–water partition coefficient (Wildman–Crippen LogP) is 0.938. The number of hydrogen-bond donors (Lipinski definition) is 0. The van der Waals surface area contributed by atoms with Crippen molar-refractivity contribution in [1.29, 1.82) is 0 Å². The third kappa shape index (κ3) is 0.827. The van der Waals surface area contributed by atoms with Gasteiger partial charge < -0.3 is 0 Å². The maximum atomic E-state index is 3.96. The summed E-state index contributed by atoms with van der Waals surface area (Å²) in [5.41, 5.74) is 1.15. The van der Waals surface area contributed by atoms with Gasteiger partial charge in [-0.05, 0) is 6.07 Å². The number of allylic oxidation sites excluding steroid dienone is 1. The number of likely N-dealkylation sites (N-methyl/N-ethyl adjacent to an activating group) is 1. The number of pyridine rings is 1. The molecule has 0 atom stereocenters. The van der Waals surface area contributed by atoms with Gasteiger partial charge in [0.25, 0.3) is 5.82 Å². The van der Waals surface area contributed by atoms with E-state index in [1.165, 1.54) is 5.82 Å². The SMILES string of the molecule is C=C1C[n+]2ccccc2N1C. The van der Waals surface area contributed by atoms with Crippen LogP contribution in [0.3, 0.4) is 0 Å². The number of nitrogens with zero attached hydrogens (tertiary/aromatic N) is 2. The molecule has 2 nitrogen and oxygen atoms in total. The molecule has 0 aliphatic carbocycles. The largest absolute Gasteiger partial charge is 0.281 e. The molecule has 0 amide bonds. The topological polar surface area (TPSA) is 7.12 Å². The number of fused-ring (bicyclic) bond motifs is 1. The van der Waals surface area contributed by atoms with Gasteiger partial charge in [0, 0.05) is 6.07 Å². The molecule has 1 aliphatic heterocycles. The maximum absolute atomic E-state index is 3.96. The lowest BCUT2D eigenvalue weighted by Crippen LogP contribution is -2.29. The number of anilines is 1. The van der Waals surface area contributed by atoms with Gasteiger partial charge in [-0.15, -0.1) is 0 Å². The van der Waals surface area contributed by atoms with Crippen LogP contribution in [0.4, 0.5) is 5.82 Å². The molecule has 0 aromatic carbocycles. The monoisotopic (exact) mass is 147 g/mol. The highest BCUT2D eigenvalue weighted by molar-refractivity contribution is 5.41. The van der Waals surface area contributed by atoms with Crippen molar-refractivity contribution in [2.24, 2.45) is 0 Å². The molecule has 0 N–H and O–H groups in total. The fraction of sp³-hybridized carbons (Fsp3) is 0.222. The van der Waals surface area contributed by atoms with Gasteiger partial charge in [-0.2, -0.15) is 0 Å². The molecule has 2 rings (SSSR count). The van der Waals surface area contributed by atoms with Crippen LogP contribution in [-0.4, -0.2) is 7.05 Å². The Bertz CT molecular complexity index is 304. The fourth-order valence-corrected chi connectivity index (χ4v) is 1.37. The first-order chi connectivity index (χ1) is 5.29. The van der Waals surface area contributed by atoms with Gasteiger partial charge in [-0.1, -0.05) is 12.6 Å². The zero-order chi connectivity index (χ0) is 7.84. The Balaban J connectivity index is 2.55. The summed E-state index contributed by atoms with van der Waals surface area (Å²) in [5, 5.41) is 0. The first kappa shape index (κ1) is 6.40. The maximum Gasteiger partial charge on any atom is 0.281 e. The Hall–Kier alpha value is -1.31. The Kier molecular flexibility index (Phi) is 1.22. The van der Waals surface area contributed by atoms with Crippen molar-refractivity contribution in [3.8, 4) is 0 Å². The summed E-state index contributed by atoms with van der Waals surface area (Å²) >= 11 is 0. The minimum Gasteiger partial charge on any atom is -0.231 e. The average molecular weight is 147 g/mol. The van der Waals surface area contributed by atoms with E-state index in [2.05, 4.69) is 28.3 Å². The van der Waals surface area contributed by atoms with Crippen LogP contribution < -0.4 is 9.47 Å². The second-order valence-corrected chi connectivity index (χ2v) is 2.81. The second-order valence-electron chi connectivity index (χ2n) is 2.81. The Morgan fingerprint density at radius 1 is 1.55 bits per heavy atom. The lowest BCUT2D eigenvalue weighted by molar-refractivity contribution is -0.667. The molecule has 0 bridgehead atoms. The molecule has 56 valence electrons. The van der Waals surface area contributed by atoms with Crippen LogP contribution in [0.25, 0.3) is 0 Å². The van der Waals surface area contributed by atoms with Crippen molar-refractivity contribution >= 4 is 5.82 Å². The van der Waals surface area contributed by atoms with Crippen LogP contribution in [0.1, 0.15) is 0 Å². The molecule has 1 aliphatic rings. The molecule has 2 heteroatoms. The Morgan fingerprint density at radius 2 is 2.36 bits per heavy atom. The lowest BCUT2D eigenvalue weighted by Gasteiger charge is -2.00. The summed E-state index contributed by atoms with van der Waals surface area (Å²) in [6.45, 7) is 4.88. The third-order valence-corrected chi connectivity index (χ3v) is 2.09. The number of aromatic nitrogens is 1. The minimum atomic E-state index is 0.923. The van der Waals surface area contributed by atoms with E-state index in [4.69, 9.17) is 0 Å². The van der Waals surface area contributed by atoms with Gasteiger partial charge in [-0.25, -0.2) is 9.47 Å². The lowest BCUT2D eigenvalue weighted by atomic mass is 10.4. The van der Waals surface area contributed by atoms with Crippen LogP contribution in [-0.2, 0) is 6.54 Å². The van der Waals surface area contributed by atoms with Crippen LogP contribution in [0.15, 0.2) is 36.7 Å². The quantitative estimate of drug-likeness (QED) is 0.495. The zero-order valence-electron chi connectivity index (χ0n) is 6.62. The highest BCUT2D eigenvalue weighted by atomic mass is 15.3. The molecule has 1 aromatic rings. The van der Waals surface area contributed by atoms with Crippen LogP contribution in [0.2, 0.25) is 0 Å². The minimum absolute atomic E-state index is 0.923. The number of hydrogen-bond acceptors (Lipinski definition) is 1. The molecule has 0 spiro atoms. The first-order valence-corrected chi connectivity index (χ1v) is 3.69. The molecular formula is C9H11N2+.